The molecule has 0 saturated carbocycles. The fourth-order valence-electron chi connectivity index (χ4n) is 2.71. The highest BCUT2D eigenvalue weighted by molar-refractivity contribution is 5.78. The van der Waals surface area contributed by atoms with Gasteiger partial charge in [0.05, 0.1) is 0 Å². The lowest BCUT2D eigenvalue weighted by Crippen LogP contribution is -2.49. The molecule has 0 aliphatic carbocycles. The van der Waals surface area contributed by atoms with Crippen LogP contribution in [0.25, 0.3) is 10.9 Å². The van der Waals surface area contributed by atoms with Gasteiger partial charge in [0, 0.05) is 43.3 Å². The first kappa shape index (κ1) is 12.4. The van der Waals surface area contributed by atoms with Crippen LogP contribution in [-0.4, -0.2) is 35.6 Å². The molecule has 0 radical (unpaired) electrons. The van der Waals surface area contributed by atoms with Crippen molar-refractivity contribution in [2.45, 2.75) is 19.5 Å². The molecule has 0 amide bonds. The first-order chi connectivity index (χ1) is 9.22. The number of aromatic amines is 1. The van der Waals surface area contributed by atoms with Gasteiger partial charge < -0.3 is 10.3 Å². The van der Waals surface area contributed by atoms with E-state index in [9.17, 15) is 4.79 Å². The molecule has 2 aromatic rings. The van der Waals surface area contributed by atoms with E-state index in [1.165, 1.54) is 0 Å². The van der Waals surface area contributed by atoms with E-state index in [4.69, 9.17) is 0 Å². The van der Waals surface area contributed by atoms with Crippen LogP contribution in [0.5, 0.6) is 0 Å². The first-order valence-electron chi connectivity index (χ1n) is 6.79. The molecule has 4 heteroatoms. The molecule has 1 aromatic heterocycles. The van der Waals surface area contributed by atoms with Crippen LogP contribution in [0.4, 0.5) is 0 Å². The van der Waals surface area contributed by atoms with Gasteiger partial charge in [0.15, 0.2) is 0 Å². The van der Waals surface area contributed by atoms with Crippen LogP contribution in [0, 0.1) is 0 Å². The molecule has 0 unspecified atom stereocenters. The number of H-pyrrole nitrogens is 1. The van der Waals surface area contributed by atoms with Crippen LogP contribution >= 0.6 is 0 Å². The van der Waals surface area contributed by atoms with Crippen molar-refractivity contribution >= 4 is 10.9 Å². The summed E-state index contributed by atoms with van der Waals surface area (Å²) in [4.78, 5) is 17.4. The molecule has 0 bridgehead atoms. The summed E-state index contributed by atoms with van der Waals surface area (Å²) < 4.78 is 0. The molecule has 0 spiro atoms. The second-order valence-corrected chi connectivity index (χ2v) is 5.30. The van der Waals surface area contributed by atoms with Gasteiger partial charge in [-0.15, -0.1) is 0 Å². The van der Waals surface area contributed by atoms with E-state index >= 15 is 0 Å². The summed E-state index contributed by atoms with van der Waals surface area (Å²) in [5.41, 5.74) is 1.79. The molecule has 1 atom stereocenters. The summed E-state index contributed by atoms with van der Waals surface area (Å²) in [6.07, 6.45) is 0. The zero-order valence-electron chi connectivity index (χ0n) is 11.1. The number of nitrogens with one attached hydrogen (secondary N) is 2. The third-order valence-electron chi connectivity index (χ3n) is 3.68. The van der Waals surface area contributed by atoms with Crippen molar-refractivity contribution in [2.75, 3.05) is 19.6 Å². The van der Waals surface area contributed by atoms with E-state index in [1.807, 2.05) is 30.3 Å². The molecule has 1 aliphatic rings. The fraction of sp³-hybridized carbons (Fsp3) is 0.400. The smallest absolute Gasteiger partial charge is 0.252 e. The minimum absolute atomic E-state index is 0.0323. The zero-order chi connectivity index (χ0) is 13.2. The summed E-state index contributed by atoms with van der Waals surface area (Å²) in [6.45, 7) is 5.89. The number of benzene rings is 1. The minimum atomic E-state index is 0.0323. The molecule has 1 aliphatic heterocycles. The molecule has 3 rings (SSSR count). The molecule has 2 N–H and O–H groups in total. The number of aromatic nitrogens is 1. The fourth-order valence-corrected chi connectivity index (χ4v) is 2.71. The molecule has 4 nitrogen and oxygen atoms in total. The van der Waals surface area contributed by atoms with Gasteiger partial charge in [0.25, 0.3) is 5.56 Å². The maximum atomic E-state index is 12.1. The Morgan fingerprint density at radius 2 is 2.21 bits per heavy atom. The van der Waals surface area contributed by atoms with E-state index in [0.29, 0.717) is 6.04 Å². The minimum Gasteiger partial charge on any atom is -0.322 e. The molecule has 1 fully saturated rings. The van der Waals surface area contributed by atoms with Gasteiger partial charge in [0.2, 0.25) is 0 Å². The van der Waals surface area contributed by atoms with Crippen LogP contribution in [-0.2, 0) is 6.54 Å². The number of hydrogen-bond acceptors (Lipinski definition) is 3. The Morgan fingerprint density at radius 3 is 3.05 bits per heavy atom. The van der Waals surface area contributed by atoms with Crippen LogP contribution < -0.4 is 10.9 Å². The van der Waals surface area contributed by atoms with Crippen molar-refractivity contribution in [3.63, 3.8) is 0 Å². The summed E-state index contributed by atoms with van der Waals surface area (Å²) in [7, 11) is 0. The maximum Gasteiger partial charge on any atom is 0.252 e. The highest BCUT2D eigenvalue weighted by Crippen LogP contribution is 2.12. The number of fused-ring (bicyclic) bond motifs is 1. The van der Waals surface area contributed by atoms with Crippen molar-refractivity contribution in [3.8, 4) is 0 Å². The third-order valence-corrected chi connectivity index (χ3v) is 3.68. The van der Waals surface area contributed by atoms with E-state index in [2.05, 4.69) is 22.1 Å². The Bertz CT molecular complexity index is 635. The second kappa shape index (κ2) is 5.15. The van der Waals surface area contributed by atoms with Crippen LogP contribution in [0.3, 0.4) is 0 Å². The lowest BCUT2D eigenvalue weighted by molar-refractivity contribution is 0.199. The normalized spacial score (nSPS) is 20.8. The maximum absolute atomic E-state index is 12.1. The molecule has 2 heterocycles. The number of rotatable bonds is 2. The Hall–Kier alpha value is -1.65. The summed E-state index contributed by atoms with van der Waals surface area (Å²) in [6, 6.07) is 10.4. The lowest BCUT2D eigenvalue weighted by Gasteiger charge is -2.31. The van der Waals surface area contributed by atoms with Crippen molar-refractivity contribution < 1.29 is 0 Å². The number of piperazine rings is 1. The quantitative estimate of drug-likeness (QED) is 0.853. The van der Waals surface area contributed by atoms with E-state index < -0.39 is 0 Å². The monoisotopic (exact) mass is 257 g/mol. The highest BCUT2D eigenvalue weighted by atomic mass is 16.1. The standard InChI is InChI=1S/C15H19N3O/c1-11-9-18(7-6-16-11)10-13-8-12-4-2-3-5-14(12)17-15(13)19/h2-5,8,11,16H,6-7,9-10H2,1H3,(H,17,19)/t11-/m1/s1. The van der Waals surface area contributed by atoms with Crippen LogP contribution in [0.15, 0.2) is 35.1 Å². The van der Waals surface area contributed by atoms with E-state index in [1.54, 1.807) is 0 Å². The average Bonchev–Trinajstić information content (AvgIpc) is 2.40. The summed E-state index contributed by atoms with van der Waals surface area (Å²) in [5, 5.41) is 4.51. The SMILES string of the molecule is C[C@@H]1CN(Cc2cc3ccccc3[nH]c2=O)CCN1. The van der Waals surface area contributed by atoms with Gasteiger partial charge in [-0.05, 0) is 24.4 Å². The molecular weight excluding hydrogens is 238 g/mol. The average molecular weight is 257 g/mol. The molecular formula is C15H19N3O. The Morgan fingerprint density at radius 1 is 1.37 bits per heavy atom. The predicted molar refractivity (Wildman–Crippen MR) is 77.3 cm³/mol. The van der Waals surface area contributed by atoms with Crippen LogP contribution in [0.2, 0.25) is 0 Å². The van der Waals surface area contributed by atoms with Gasteiger partial charge in [-0.2, -0.15) is 0 Å². The van der Waals surface area contributed by atoms with Crippen molar-refractivity contribution in [2.24, 2.45) is 0 Å². The van der Waals surface area contributed by atoms with Gasteiger partial charge in [0.1, 0.15) is 0 Å². The van der Waals surface area contributed by atoms with E-state index in [-0.39, 0.29) is 5.56 Å². The van der Waals surface area contributed by atoms with Crippen molar-refractivity contribution in [3.05, 3.63) is 46.2 Å². The Labute approximate surface area is 112 Å². The summed E-state index contributed by atoms with van der Waals surface area (Å²) in [5.74, 6) is 0. The zero-order valence-corrected chi connectivity index (χ0v) is 11.1. The van der Waals surface area contributed by atoms with Gasteiger partial charge >= 0.3 is 0 Å². The number of nitrogens with zero attached hydrogens (tertiary/aromatic N) is 1. The largest absolute Gasteiger partial charge is 0.322 e. The number of para-hydroxylation sites is 1. The van der Waals surface area contributed by atoms with Gasteiger partial charge in [-0.3, -0.25) is 9.69 Å². The Kier molecular flexibility index (Phi) is 3.36. The number of pyridine rings is 1. The van der Waals surface area contributed by atoms with Crippen LogP contribution in [0.1, 0.15) is 12.5 Å². The topological polar surface area (TPSA) is 48.1 Å². The van der Waals surface area contributed by atoms with Crippen molar-refractivity contribution in [1.29, 1.82) is 0 Å². The highest BCUT2D eigenvalue weighted by Gasteiger charge is 2.16. The molecule has 19 heavy (non-hydrogen) atoms. The lowest BCUT2D eigenvalue weighted by atomic mass is 10.1. The second-order valence-electron chi connectivity index (χ2n) is 5.30. The third kappa shape index (κ3) is 2.69. The van der Waals surface area contributed by atoms with E-state index in [0.717, 1.165) is 42.6 Å². The molecule has 1 aromatic carbocycles. The first-order valence-corrected chi connectivity index (χ1v) is 6.79. The molecule has 1 saturated heterocycles. The number of hydrogen-bond donors (Lipinski definition) is 2. The summed E-state index contributed by atoms with van der Waals surface area (Å²) >= 11 is 0. The molecule has 100 valence electrons. The van der Waals surface area contributed by atoms with Gasteiger partial charge in [-0.25, -0.2) is 0 Å². The van der Waals surface area contributed by atoms with Crippen molar-refractivity contribution in [1.82, 2.24) is 15.2 Å². The Balaban J connectivity index is 1.88. The predicted octanol–water partition coefficient (Wildman–Crippen LogP) is 1.32. The van der Waals surface area contributed by atoms with Gasteiger partial charge in [-0.1, -0.05) is 18.2 Å².